The van der Waals surface area contributed by atoms with Crippen molar-refractivity contribution < 1.29 is 50.8 Å². The molecule has 1 saturated carbocycles. The lowest BCUT2D eigenvalue weighted by molar-refractivity contribution is -0.286. The van der Waals surface area contributed by atoms with Crippen LogP contribution >= 0.6 is 0 Å². The summed E-state index contributed by atoms with van der Waals surface area (Å²) in [5, 5.41) is 21.1. The average molecular weight is 611 g/mol. The van der Waals surface area contributed by atoms with Crippen molar-refractivity contribution in [2.24, 2.45) is 5.92 Å². The van der Waals surface area contributed by atoms with Gasteiger partial charge in [0.2, 0.25) is 5.88 Å². The molecule has 1 aliphatic heterocycles. The van der Waals surface area contributed by atoms with Crippen LogP contribution in [-0.4, -0.2) is 43.5 Å². The van der Waals surface area contributed by atoms with Crippen LogP contribution in [0.1, 0.15) is 80.2 Å². The molecular weight excluding hydrogens is 583 g/mol. The minimum absolute atomic E-state index is 0.0360. The molecule has 43 heavy (non-hydrogen) atoms. The smallest absolute Gasteiger partial charge is 0.481 e. The molecule has 2 aromatic heterocycles. The fourth-order valence-corrected chi connectivity index (χ4v) is 5.86. The van der Waals surface area contributed by atoms with Crippen LogP contribution in [0.15, 0.2) is 30.5 Å². The third-order valence-corrected chi connectivity index (χ3v) is 7.92. The van der Waals surface area contributed by atoms with E-state index in [4.69, 9.17) is 9.47 Å². The molecular formula is C28H27F5N4O6. The molecule has 1 N–H and O–H groups in total. The van der Waals surface area contributed by atoms with Crippen LogP contribution in [-0.2, 0) is 22.1 Å². The average Bonchev–Trinajstić information content (AvgIpc) is 3.50. The van der Waals surface area contributed by atoms with E-state index in [1.54, 1.807) is 6.92 Å². The number of aromatic nitrogens is 4. The van der Waals surface area contributed by atoms with Crippen molar-refractivity contribution in [2.45, 2.75) is 82.7 Å². The Hall–Kier alpha value is -4.01. The number of aliphatic carboxylic acids is 1. The number of rotatable bonds is 7. The van der Waals surface area contributed by atoms with Gasteiger partial charge in [-0.15, -0.1) is 13.9 Å². The summed E-state index contributed by atoms with van der Waals surface area (Å²) in [6.07, 6.45) is -5.98. The zero-order valence-corrected chi connectivity index (χ0v) is 22.8. The molecule has 3 aliphatic rings. The van der Waals surface area contributed by atoms with Gasteiger partial charge in [-0.25, -0.2) is 4.68 Å². The predicted molar refractivity (Wildman–Crippen MR) is 136 cm³/mol. The van der Waals surface area contributed by atoms with Crippen LogP contribution in [0.5, 0.6) is 17.4 Å². The maximum Gasteiger partial charge on any atom is 0.586 e. The first-order valence-electron chi connectivity index (χ1n) is 13.8. The van der Waals surface area contributed by atoms with Crippen molar-refractivity contribution in [3.05, 3.63) is 53.0 Å². The number of hydrogen-bond acceptors (Lipinski definition) is 8. The van der Waals surface area contributed by atoms with Gasteiger partial charge in [0.15, 0.2) is 17.2 Å². The summed E-state index contributed by atoms with van der Waals surface area (Å²) in [5.41, 5.74) is -0.0702. The van der Waals surface area contributed by atoms with E-state index >= 15 is 0 Å². The van der Waals surface area contributed by atoms with Crippen molar-refractivity contribution in [2.75, 3.05) is 0 Å². The quantitative estimate of drug-likeness (QED) is 0.313. The zero-order valence-electron chi connectivity index (χ0n) is 22.8. The molecule has 230 valence electrons. The van der Waals surface area contributed by atoms with Gasteiger partial charge in [-0.3, -0.25) is 4.79 Å². The molecule has 0 spiro atoms. The first kappa shape index (κ1) is 29.1. The molecule has 0 bridgehead atoms. The topological polar surface area (TPSA) is 118 Å². The van der Waals surface area contributed by atoms with Gasteiger partial charge in [-0.2, -0.15) is 23.4 Å². The standard InChI is InChI=1S/C28H27F5N4O6/c1-14(16-7-10-20-22(11-16)43-28(32,33)42-20)40-23-12-17(13-34-35-23)37-24-19(25(36-37)27(29,30)31)3-2-4-21(24)41-18-8-5-15(6-9-18)26(38)39/h7,10-15,18,21H,2-6,8-9H2,1H3,(H,38,39)/t14-,15?,18?,21-/m0/s1. The molecule has 2 aliphatic carbocycles. The van der Waals surface area contributed by atoms with Gasteiger partial charge in [0.25, 0.3) is 0 Å². The van der Waals surface area contributed by atoms with Gasteiger partial charge in [-0.1, -0.05) is 6.07 Å². The van der Waals surface area contributed by atoms with Gasteiger partial charge in [-0.05, 0) is 69.6 Å². The van der Waals surface area contributed by atoms with Gasteiger partial charge in [0, 0.05) is 11.6 Å². The van der Waals surface area contributed by atoms with Crippen molar-refractivity contribution in [3.63, 3.8) is 0 Å². The van der Waals surface area contributed by atoms with Gasteiger partial charge < -0.3 is 24.1 Å². The number of halogens is 5. The number of carboxylic acid groups (broad SMARTS) is 1. The van der Waals surface area contributed by atoms with Crippen molar-refractivity contribution >= 4 is 5.97 Å². The third-order valence-electron chi connectivity index (χ3n) is 7.92. The Morgan fingerprint density at radius 2 is 1.86 bits per heavy atom. The Bertz CT molecular complexity index is 1520. The van der Waals surface area contributed by atoms with Crippen LogP contribution in [0.25, 0.3) is 5.69 Å². The number of fused-ring (bicyclic) bond motifs is 2. The summed E-state index contributed by atoms with van der Waals surface area (Å²) < 4.78 is 91.4. The van der Waals surface area contributed by atoms with Crippen LogP contribution in [0, 0.1) is 5.92 Å². The fraction of sp³-hybridized carbons (Fsp3) is 0.500. The second-order valence-electron chi connectivity index (χ2n) is 10.8. The molecule has 0 radical (unpaired) electrons. The lowest BCUT2D eigenvalue weighted by Crippen LogP contribution is -2.29. The molecule has 15 heteroatoms. The lowest BCUT2D eigenvalue weighted by Gasteiger charge is -2.32. The molecule has 3 heterocycles. The lowest BCUT2D eigenvalue weighted by atomic mass is 9.87. The molecule has 10 nitrogen and oxygen atoms in total. The van der Waals surface area contributed by atoms with Gasteiger partial charge in [0.05, 0.1) is 29.6 Å². The first-order valence-corrected chi connectivity index (χ1v) is 13.8. The summed E-state index contributed by atoms with van der Waals surface area (Å²) in [6, 6.07) is 5.55. The number of benzene rings is 1. The first-order chi connectivity index (χ1) is 20.4. The number of hydrogen-bond donors (Lipinski definition) is 1. The Kier molecular flexibility index (Phi) is 7.39. The van der Waals surface area contributed by atoms with Gasteiger partial charge >= 0.3 is 18.4 Å². The number of alkyl halides is 5. The van der Waals surface area contributed by atoms with Crippen LogP contribution in [0.2, 0.25) is 0 Å². The maximum absolute atomic E-state index is 14.1. The number of carbonyl (C=O) groups is 1. The highest BCUT2D eigenvalue weighted by atomic mass is 19.4. The fourth-order valence-electron chi connectivity index (χ4n) is 5.86. The monoisotopic (exact) mass is 610 g/mol. The third kappa shape index (κ3) is 5.94. The Labute approximate surface area is 241 Å². The molecule has 0 saturated heterocycles. The number of nitrogens with zero attached hydrogens (tertiary/aromatic N) is 4. The highest BCUT2D eigenvalue weighted by Crippen LogP contribution is 2.44. The summed E-state index contributed by atoms with van der Waals surface area (Å²) in [5.74, 6) is -1.64. The zero-order chi connectivity index (χ0) is 30.5. The normalized spacial score (nSPS) is 23.4. The molecule has 6 rings (SSSR count). The van der Waals surface area contributed by atoms with E-state index in [1.807, 2.05) is 0 Å². The van der Waals surface area contributed by atoms with E-state index in [2.05, 4.69) is 24.8 Å². The molecule has 2 atom stereocenters. The second kappa shape index (κ2) is 10.9. The van der Waals surface area contributed by atoms with E-state index in [1.165, 1.54) is 35.1 Å². The Morgan fingerprint density at radius 1 is 1.12 bits per heavy atom. The van der Waals surface area contributed by atoms with Crippen molar-refractivity contribution in [3.8, 4) is 23.1 Å². The van der Waals surface area contributed by atoms with E-state index in [-0.39, 0.29) is 46.8 Å². The maximum atomic E-state index is 14.1. The van der Waals surface area contributed by atoms with Crippen LogP contribution < -0.4 is 14.2 Å². The predicted octanol–water partition coefficient (Wildman–Crippen LogP) is 6.18. The Morgan fingerprint density at radius 3 is 2.58 bits per heavy atom. The van der Waals surface area contributed by atoms with Crippen molar-refractivity contribution in [1.29, 1.82) is 0 Å². The second-order valence-corrected chi connectivity index (χ2v) is 10.8. The molecule has 0 amide bonds. The number of carboxylic acids is 1. The minimum atomic E-state index is -4.71. The van der Waals surface area contributed by atoms with Crippen molar-refractivity contribution in [1.82, 2.24) is 20.0 Å². The summed E-state index contributed by atoms with van der Waals surface area (Å²) in [6.45, 7) is 1.63. The molecule has 1 aromatic carbocycles. The van der Waals surface area contributed by atoms with Gasteiger partial charge in [0.1, 0.15) is 12.2 Å². The van der Waals surface area contributed by atoms with E-state index in [0.717, 1.165) is 0 Å². The molecule has 3 aromatic rings. The molecule has 1 fully saturated rings. The summed E-state index contributed by atoms with van der Waals surface area (Å²) in [4.78, 5) is 11.3. The largest absolute Gasteiger partial charge is 0.586 e. The minimum Gasteiger partial charge on any atom is -0.481 e. The summed E-state index contributed by atoms with van der Waals surface area (Å²) in [7, 11) is 0. The molecule has 0 unspecified atom stereocenters. The Balaban J connectivity index is 1.27. The SMILES string of the molecule is C[C@H](Oc1cc(-n2nc(C(F)(F)F)c3c2[C@@H](OC2CCC(C(=O)O)CC2)CCC3)cnn1)c1ccc2c(c1)OC(F)(F)O2. The van der Waals surface area contributed by atoms with E-state index in [0.29, 0.717) is 44.1 Å². The highest BCUT2D eigenvalue weighted by molar-refractivity contribution is 5.70. The van der Waals surface area contributed by atoms with Crippen LogP contribution in [0.3, 0.4) is 0 Å². The number of ether oxygens (including phenoxy) is 4. The highest BCUT2D eigenvalue weighted by Gasteiger charge is 2.44. The summed E-state index contributed by atoms with van der Waals surface area (Å²) >= 11 is 0. The van der Waals surface area contributed by atoms with Crippen LogP contribution in [0.4, 0.5) is 22.0 Å². The van der Waals surface area contributed by atoms with E-state index in [9.17, 15) is 31.9 Å². The van der Waals surface area contributed by atoms with E-state index < -0.39 is 42.3 Å².